The molecule has 0 saturated carbocycles. The lowest BCUT2D eigenvalue weighted by Gasteiger charge is -2.12. The third-order valence-electron chi connectivity index (χ3n) is 1.79. The molecule has 0 saturated heterocycles. The number of rotatable bonds is 3. The smallest absolute Gasteiger partial charge is 0.167 e. The van der Waals surface area contributed by atoms with Crippen LogP contribution in [0.5, 0.6) is 0 Å². The Bertz CT molecular complexity index is 358. The molecule has 3 nitrogen and oxygen atoms in total. The molecule has 0 aliphatic rings. The monoisotopic (exact) mass is 199 g/mol. The lowest BCUT2D eigenvalue weighted by Crippen LogP contribution is -2.24. The van der Waals surface area contributed by atoms with Crippen LogP contribution in [-0.4, -0.2) is 20.0 Å². The number of anilines is 1. The van der Waals surface area contributed by atoms with Crippen LogP contribution >= 0.6 is 0 Å². The van der Waals surface area contributed by atoms with Crippen molar-refractivity contribution in [3.8, 4) is 0 Å². The van der Waals surface area contributed by atoms with Crippen LogP contribution in [-0.2, 0) is 9.84 Å². The largest absolute Gasteiger partial charge is 0.369 e. The van der Waals surface area contributed by atoms with E-state index in [9.17, 15) is 8.42 Å². The Morgan fingerprint density at radius 3 is 2.23 bits per heavy atom. The van der Waals surface area contributed by atoms with Crippen LogP contribution in [0.2, 0.25) is 0 Å². The van der Waals surface area contributed by atoms with E-state index in [1.165, 1.54) is 6.26 Å². The first kappa shape index (κ1) is 10.1. The maximum absolute atomic E-state index is 11.1. The van der Waals surface area contributed by atoms with E-state index in [1.54, 1.807) is 6.92 Å². The summed E-state index contributed by atoms with van der Waals surface area (Å²) < 4.78 is 22.1. The SMILES string of the molecule is CC(Nc1ccccc1)S(C)(=O)=O. The van der Waals surface area contributed by atoms with E-state index >= 15 is 0 Å². The van der Waals surface area contributed by atoms with Gasteiger partial charge >= 0.3 is 0 Å². The van der Waals surface area contributed by atoms with Crippen LogP contribution in [0.3, 0.4) is 0 Å². The molecule has 0 heterocycles. The van der Waals surface area contributed by atoms with Crippen LogP contribution in [0, 0.1) is 0 Å². The van der Waals surface area contributed by atoms with Gasteiger partial charge in [0.15, 0.2) is 9.84 Å². The lowest BCUT2D eigenvalue weighted by molar-refractivity contribution is 0.594. The Kier molecular flexibility index (Phi) is 2.93. The molecule has 1 aromatic rings. The predicted molar refractivity (Wildman–Crippen MR) is 54.4 cm³/mol. The topological polar surface area (TPSA) is 46.2 Å². The average molecular weight is 199 g/mol. The Morgan fingerprint density at radius 2 is 1.77 bits per heavy atom. The van der Waals surface area contributed by atoms with Gasteiger partial charge in [0.2, 0.25) is 0 Å². The van der Waals surface area contributed by atoms with Crippen LogP contribution in [0.25, 0.3) is 0 Å². The highest BCUT2D eigenvalue weighted by atomic mass is 32.2. The zero-order valence-electron chi connectivity index (χ0n) is 7.69. The molecule has 0 radical (unpaired) electrons. The van der Waals surface area contributed by atoms with Gasteiger partial charge in [-0.3, -0.25) is 0 Å². The molecule has 0 spiro atoms. The lowest BCUT2D eigenvalue weighted by atomic mass is 10.3. The van der Waals surface area contributed by atoms with Gasteiger partial charge in [-0.25, -0.2) is 8.42 Å². The van der Waals surface area contributed by atoms with Gasteiger partial charge in [0, 0.05) is 11.9 Å². The van der Waals surface area contributed by atoms with Crippen molar-refractivity contribution in [3.63, 3.8) is 0 Å². The highest BCUT2D eigenvalue weighted by molar-refractivity contribution is 7.91. The molecule has 13 heavy (non-hydrogen) atoms. The van der Waals surface area contributed by atoms with E-state index in [4.69, 9.17) is 0 Å². The molecule has 1 N–H and O–H groups in total. The van der Waals surface area contributed by atoms with Crippen LogP contribution in [0.15, 0.2) is 30.3 Å². The molecule has 0 bridgehead atoms. The Morgan fingerprint density at radius 1 is 1.23 bits per heavy atom. The van der Waals surface area contributed by atoms with Gasteiger partial charge in [-0.1, -0.05) is 18.2 Å². The molecule has 0 aliphatic carbocycles. The van der Waals surface area contributed by atoms with Crippen molar-refractivity contribution in [3.05, 3.63) is 30.3 Å². The van der Waals surface area contributed by atoms with Crippen LogP contribution in [0.4, 0.5) is 5.69 Å². The molecular weight excluding hydrogens is 186 g/mol. The van der Waals surface area contributed by atoms with Crippen molar-refractivity contribution >= 4 is 15.5 Å². The van der Waals surface area contributed by atoms with Crippen molar-refractivity contribution < 1.29 is 8.42 Å². The van der Waals surface area contributed by atoms with Gasteiger partial charge < -0.3 is 5.32 Å². The summed E-state index contributed by atoms with van der Waals surface area (Å²) in [5.74, 6) is 0. The van der Waals surface area contributed by atoms with E-state index in [-0.39, 0.29) is 0 Å². The second-order valence-corrected chi connectivity index (χ2v) is 5.35. The van der Waals surface area contributed by atoms with Gasteiger partial charge in [-0.15, -0.1) is 0 Å². The zero-order valence-corrected chi connectivity index (χ0v) is 8.51. The fourth-order valence-corrected chi connectivity index (χ4v) is 1.23. The third-order valence-corrected chi connectivity index (χ3v) is 3.19. The summed E-state index contributed by atoms with van der Waals surface area (Å²) in [5, 5.41) is 2.35. The molecule has 1 unspecified atom stereocenters. The van der Waals surface area contributed by atoms with E-state index < -0.39 is 15.2 Å². The zero-order chi connectivity index (χ0) is 9.90. The fraction of sp³-hybridized carbons (Fsp3) is 0.333. The predicted octanol–water partition coefficient (Wildman–Crippen LogP) is 1.49. The molecular formula is C9H13NO2S. The molecule has 0 amide bonds. The van der Waals surface area contributed by atoms with Crippen molar-refractivity contribution in [2.75, 3.05) is 11.6 Å². The minimum atomic E-state index is -3.01. The maximum atomic E-state index is 11.1. The van der Waals surface area contributed by atoms with Crippen molar-refractivity contribution in [1.82, 2.24) is 0 Å². The van der Waals surface area contributed by atoms with E-state index in [0.717, 1.165) is 5.69 Å². The Balaban J connectivity index is 2.72. The Hall–Kier alpha value is -1.03. The molecule has 72 valence electrons. The van der Waals surface area contributed by atoms with Crippen molar-refractivity contribution in [1.29, 1.82) is 0 Å². The normalized spacial score (nSPS) is 13.7. The van der Waals surface area contributed by atoms with Gasteiger partial charge in [0.05, 0.1) is 0 Å². The number of hydrogen-bond donors (Lipinski definition) is 1. The summed E-state index contributed by atoms with van der Waals surface area (Å²) in [6.45, 7) is 1.63. The highest BCUT2D eigenvalue weighted by Gasteiger charge is 2.13. The summed E-state index contributed by atoms with van der Waals surface area (Å²) in [7, 11) is -3.01. The first-order valence-corrected chi connectivity index (χ1v) is 5.96. The quantitative estimate of drug-likeness (QED) is 0.802. The Labute approximate surface area is 78.7 Å². The van der Waals surface area contributed by atoms with Gasteiger partial charge in [0.25, 0.3) is 0 Å². The number of para-hydroxylation sites is 1. The molecule has 1 rings (SSSR count). The van der Waals surface area contributed by atoms with Crippen LogP contribution < -0.4 is 5.32 Å². The molecule has 4 heteroatoms. The summed E-state index contributed by atoms with van der Waals surface area (Å²) in [6, 6.07) is 9.27. The van der Waals surface area contributed by atoms with E-state index in [1.807, 2.05) is 30.3 Å². The number of nitrogens with one attached hydrogen (secondary N) is 1. The third kappa shape index (κ3) is 3.06. The summed E-state index contributed by atoms with van der Waals surface area (Å²) in [5.41, 5.74) is 0.820. The maximum Gasteiger partial charge on any atom is 0.167 e. The second kappa shape index (κ2) is 3.79. The fourth-order valence-electron chi connectivity index (χ4n) is 0.876. The first-order chi connectivity index (χ1) is 6.00. The molecule has 0 fully saturated rings. The highest BCUT2D eigenvalue weighted by Crippen LogP contribution is 2.09. The van der Waals surface area contributed by atoms with Crippen molar-refractivity contribution in [2.24, 2.45) is 0 Å². The van der Waals surface area contributed by atoms with Crippen LogP contribution in [0.1, 0.15) is 6.92 Å². The number of benzene rings is 1. The van der Waals surface area contributed by atoms with Gasteiger partial charge in [0.1, 0.15) is 5.37 Å². The minimum Gasteiger partial charge on any atom is -0.369 e. The van der Waals surface area contributed by atoms with Crippen molar-refractivity contribution in [2.45, 2.75) is 12.3 Å². The minimum absolute atomic E-state index is 0.546. The van der Waals surface area contributed by atoms with E-state index in [0.29, 0.717) is 0 Å². The summed E-state index contributed by atoms with van der Waals surface area (Å²) in [4.78, 5) is 0. The molecule has 1 atom stereocenters. The van der Waals surface area contributed by atoms with Gasteiger partial charge in [-0.05, 0) is 19.1 Å². The number of sulfone groups is 1. The number of hydrogen-bond acceptors (Lipinski definition) is 3. The summed E-state index contributed by atoms with van der Waals surface area (Å²) in [6.07, 6.45) is 1.22. The van der Waals surface area contributed by atoms with E-state index in [2.05, 4.69) is 5.32 Å². The molecule has 1 aromatic carbocycles. The first-order valence-electron chi connectivity index (χ1n) is 4.00. The molecule has 0 aliphatic heterocycles. The average Bonchev–Trinajstić information content (AvgIpc) is 2.04. The van der Waals surface area contributed by atoms with Gasteiger partial charge in [-0.2, -0.15) is 0 Å². The standard InChI is InChI=1S/C9H13NO2S/c1-8(13(2,11)12)10-9-6-4-3-5-7-9/h3-8,10H,1-2H3. The summed E-state index contributed by atoms with van der Waals surface area (Å²) >= 11 is 0. The second-order valence-electron chi connectivity index (χ2n) is 2.98. The molecule has 0 aromatic heterocycles.